The summed E-state index contributed by atoms with van der Waals surface area (Å²) in [5, 5.41) is 11.6. The summed E-state index contributed by atoms with van der Waals surface area (Å²) in [7, 11) is -1.91. The van der Waals surface area contributed by atoms with Crippen LogP contribution in [0.3, 0.4) is 0 Å². The number of benzene rings is 2. The van der Waals surface area contributed by atoms with Gasteiger partial charge in [0.2, 0.25) is 10.0 Å². The van der Waals surface area contributed by atoms with Crippen molar-refractivity contribution in [3.63, 3.8) is 0 Å². The summed E-state index contributed by atoms with van der Waals surface area (Å²) in [6.07, 6.45) is 1.62. The average molecular weight is 403 g/mol. The fourth-order valence-corrected chi connectivity index (χ4v) is 4.47. The molecule has 3 rings (SSSR count). The topological polar surface area (TPSA) is 70.1 Å². The summed E-state index contributed by atoms with van der Waals surface area (Å²) in [5.41, 5.74) is 2.66. The van der Waals surface area contributed by atoms with E-state index in [1.165, 1.54) is 16.8 Å². The summed E-state index contributed by atoms with van der Waals surface area (Å²) in [5.74, 6) is 0.608. The largest absolute Gasteiger partial charge is 0.504 e. The van der Waals surface area contributed by atoms with Gasteiger partial charge in [0.25, 0.3) is 0 Å². The van der Waals surface area contributed by atoms with Crippen molar-refractivity contribution in [3.05, 3.63) is 64.6 Å². The van der Waals surface area contributed by atoms with Crippen LogP contribution in [0.2, 0.25) is 0 Å². The number of aryl methyl sites for hydroxylation is 1. The number of hydrogen-bond acceptors (Lipinski definition) is 5. The summed E-state index contributed by atoms with van der Waals surface area (Å²) < 4.78 is 31.9. The Balaban J connectivity index is 1.62. The lowest BCUT2D eigenvalue weighted by molar-refractivity contribution is 0.180. The normalized spacial score (nSPS) is 16.5. The zero-order chi connectivity index (χ0) is 20.1. The number of sulfonamides is 1. The summed E-state index contributed by atoms with van der Waals surface area (Å²) in [6, 6.07) is 13.1. The molecule has 0 spiro atoms. The standard InChI is InChI=1S/C21H26N2O4S/c1-17-14-19(21(24)20(15-17)27-2)16-22-9-11-23(12-10-22)28(25,26)13-8-18-6-4-3-5-7-18/h3-8,13-15,24H,9-12,16H2,1-2H3. The van der Waals surface area contributed by atoms with Crippen LogP contribution in [0.15, 0.2) is 47.9 Å². The number of methoxy groups -OCH3 is 1. The van der Waals surface area contributed by atoms with E-state index >= 15 is 0 Å². The molecule has 0 saturated carbocycles. The zero-order valence-corrected chi connectivity index (χ0v) is 17.0. The van der Waals surface area contributed by atoms with Gasteiger partial charge in [-0.05, 0) is 30.2 Å². The lowest BCUT2D eigenvalue weighted by atomic mass is 10.1. The predicted molar refractivity (Wildman–Crippen MR) is 111 cm³/mol. The van der Waals surface area contributed by atoms with Crippen molar-refractivity contribution in [1.29, 1.82) is 0 Å². The zero-order valence-electron chi connectivity index (χ0n) is 16.2. The Hall–Kier alpha value is -2.35. The highest BCUT2D eigenvalue weighted by molar-refractivity contribution is 7.92. The molecule has 0 radical (unpaired) electrons. The Bertz CT molecular complexity index is 934. The van der Waals surface area contributed by atoms with Crippen LogP contribution >= 0.6 is 0 Å². The van der Waals surface area contributed by atoms with E-state index in [1.54, 1.807) is 12.1 Å². The third-order valence-electron chi connectivity index (χ3n) is 4.84. The molecule has 2 aromatic carbocycles. The Morgan fingerprint density at radius 3 is 2.43 bits per heavy atom. The van der Waals surface area contributed by atoms with E-state index in [9.17, 15) is 13.5 Å². The molecule has 1 saturated heterocycles. The fraction of sp³-hybridized carbons (Fsp3) is 0.333. The molecule has 0 atom stereocenters. The van der Waals surface area contributed by atoms with Gasteiger partial charge in [-0.3, -0.25) is 4.90 Å². The van der Waals surface area contributed by atoms with Gasteiger partial charge in [-0.25, -0.2) is 8.42 Å². The van der Waals surface area contributed by atoms with Crippen molar-refractivity contribution >= 4 is 16.1 Å². The molecule has 1 aliphatic heterocycles. The predicted octanol–water partition coefficient (Wildman–Crippen LogP) is 2.83. The molecular formula is C21H26N2O4S. The minimum atomic E-state index is -3.45. The van der Waals surface area contributed by atoms with E-state index in [4.69, 9.17) is 4.74 Å². The van der Waals surface area contributed by atoms with Crippen molar-refractivity contribution in [1.82, 2.24) is 9.21 Å². The molecule has 1 aliphatic rings. The molecule has 150 valence electrons. The van der Waals surface area contributed by atoms with E-state index in [0.29, 0.717) is 38.5 Å². The van der Waals surface area contributed by atoms with Crippen LogP contribution in [0.5, 0.6) is 11.5 Å². The second-order valence-corrected chi connectivity index (χ2v) is 8.73. The molecule has 0 aromatic heterocycles. The maximum absolute atomic E-state index is 12.6. The Kier molecular flexibility index (Phi) is 6.39. The van der Waals surface area contributed by atoms with E-state index in [2.05, 4.69) is 4.90 Å². The molecule has 1 N–H and O–H groups in total. The van der Waals surface area contributed by atoms with E-state index in [1.807, 2.05) is 43.3 Å². The first-order valence-corrected chi connectivity index (χ1v) is 10.7. The van der Waals surface area contributed by atoms with Gasteiger partial charge in [-0.1, -0.05) is 36.4 Å². The molecule has 2 aromatic rings. The van der Waals surface area contributed by atoms with Crippen LogP contribution in [-0.2, 0) is 16.6 Å². The molecule has 0 aliphatic carbocycles. The van der Waals surface area contributed by atoms with Gasteiger partial charge in [-0.2, -0.15) is 4.31 Å². The third kappa shape index (κ3) is 4.92. The maximum Gasteiger partial charge on any atom is 0.236 e. The number of phenols is 1. The van der Waals surface area contributed by atoms with Crippen LogP contribution in [-0.4, -0.2) is 56.0 Å². The number of nitrogens with zero attached hydrogens (tertiary/aromatic N) is 2. The molecule has 6 nitrogen and oxygen atoms in total. The van der Waals surface area contributed by atoms with Gasteiger partial charge in [0.1, 0.15) is 0 Å². The number of phenolic OH excluding ortho intramolecular Hbond substituents is 1. The Morgan fingerprint density at radius 1 is 1.11 bits per heavy atom. The quantitative estimate of drug-likeness (QED) is 0.805. The first-order chi connectivity index (χ1) is 13.4. The third-order valence-corrected chi connectivity index (χ3v) is 6.40. The molecule has 7 heteroatoms. The molecule has 0 bridgehead atoms. The van der Waals surface area contributed by atoms with Crippen molar-refractivity contribution < 1.29 is 18.3 Å². The molecule has 0 amide bonds. The van der Waals surface area contributed by atoms with Gasteiger partial charge < -0.3 is 9.84 Å². The van der Waals surface area contributed by atoms with Crippen molar-refractivity contribution in [3.8, 4) is 11.5 Å². The van der Waals surface area contributed by atoms with Crippen molar-refractivity contribution in [2.45, 2.75) is 13.5 Å². The van der Waals surface area contributed by atoms with Crippen molar-refractivity contribution in [2.24, 2.45) is 0 Å². The van der Waals surface area contributed by atoms with Gasteiger partial charge in [0.05, 0.1) is 7.11 Å². The first-order valence-electron chi connectivity index (χ1n) is 9.21. The Labute approximate surface area is 166 Å². The number of aromatic hydroxyl groups is 1. The molecule has 0 unspecified atom stereocenters. The van der Waals surface area contributed by atoms with E-state index < -0.39 is 10.0 Å². The maximum atomic E-state index is 12.6. The minimum Gasteiger partial charge on any atom is -0.504 e. The first kappa shape index (κ1) is 20.4. The van der Waals surface area contributed by atoms with Gasteiger partial charge in [-0.15, -0.1) is 0 Å². The Morgan fingerprint density at radius 2 is 1.79 bits per heavy atom. The van der Waals surface area contributed by atoms with Crippen LogP contribution in [0.25, 0.3) is 6.08 Å². The minimum absolute atomic E-state index is 0.147. The molecular weight excluding hydrogens is 376 g/mol. The van der Waals surface area contributed by atoms with Gasteiger partial charge >= 0.3 is 0 Å². The molecule has 28 heavy (non-hydrogen) atoms. The summed E-state index contributed by atoms with van der Waals surface area (Å²) in [6.45, 7) is 4.56. The smallest absolute Gasteiger partial charge is 0.236 e. The van der Waals surface area contributed by atoms with Crippen molar-refractivity contribution in [2.75, 3.05) is 33.3 Å². The number of piperazine rings is 1. The molecule has 1 fully saturated rings. The second-order valence-electron chi connectivity index (χ2n) is 6.91. The molecule has 1 heterocycles. The summed E-state index contributed by atoms with van der Waals surface area (Å²) in [4.78, 5) is 2.14. The SMILES string of the molecule is COc1cc(C)cc(CN2CCN(S(=O)(=O)C=Cc3ccccc3)CC2)c1O. The number of ether oxygens (including phenoxy) is 1. The van der Waals surface area contributed by atoms with Crippen LogP contribution in [0.4, 0.5) is 0 Å². The van der Waals surface area contributed by atoms with Gasteiger partial charge in [0, 0.05) is 43.7 Å². The second kappa shape index (κ2) is 8.77. The lowest BCUT2D eigenvalue weighted by Crippen LogP contribution is -2.47. The highest BCUT2D eigenvalue weighted by Crippen LogP contribution is 2.32. The van der Waals surface area contributed by atoms with Crippen LogP contribution < -0.4 is 4.74 Å². The van der Waals surface area contributed by atoms with E-state index in [-0.39, 0.29) is 5.75 Å². The average Bonchev–Trinajstić information content (AvgIpc) is 2.70. The lowest BCUT2D eigenvalue weighted by Gasteiger charge is -2.33. The van der Waals surface area contributed by atoms with Crippen LogP contribution in [0, 0.1) is 6.92 Å². The monoisotopic (exact) mass is 402 g/mol. The number of rotatable bonds is 6. The van der Waals surface area contributed by atoms with Gasteiger partial charge in [0.15, 0.2) is 11.5 Å². The fourth-order valence-electron chi connectivity index (χ4n) is 3.29. The van der Waals surface area contributed by atoms with E-state index in [0.717, 1.165) is 16.7 Å². The summed E-state index contributed by atoms with van der Waals surface area (Å²) >= 11 is 0. The van der Waals surface area contributed by atoms with Crippen LogP contribution in [0.1, 0.15) is 16.7 Å². The highest BCUT2D eigenvalue weighted by Gasteiger charge is 2.25. The number of hydrogen-bond donors (Lipinski definition) is 1. The highest BCUT2D eigenvalue weighted by atomic mass is 32.2.